The lowest BCUT2D eigenvalue weighted by molar-refractivity contribution is 1.50. The van der Waals surface area contributed by atoms with Crippen molar-refractivity contribution in [3.63, 3.8) is 0 Å². The highest BCUT2D eigenvalue weighted by Gasteiger charge is 2.26. The zero-order valence-electron chi connectivity index (χ0n) is 8.00. The van der Waals surface area contributed by atoms with Crippen LogP contribution in [0.1, 0.15) is 0 Å². The van der Waals surface area contributed by atoms with Crippen molar-refractivity contribution in [2.24, 2.45) is 0 Å². The van der Waals surface area contributed by atoms with E-state index in [2.05, 4.69) is 11.5 Å². The third-order valence-corrected chi connectivity index (χ3v) is 4.84. The SMILES string of the molecule is C=C[Si](C)(Cl)NB(Cl)c1ccccc1. The lowest BCUT2D eigenvalue weighted by Gasteiger charge is -2.18. The Kier molecular flexibility index (Phi) is 4.26. The number of nitrogens with one attached hydrogen (secondary N) is 1. The molecule has 1 atom stereocenters. The van der Waals surface area contributed by atoms with E-state index in [9.17, 15) is 0 Å². The number of halogens is 2. The van der Waals surface area contributed by atoms with Crippen molar-refractivity contribution in [1.82, 2.24) is 4.89 Å². The van der Waals surface area contributed by atoms with Gasteiger partial charge in [0.1, 0.15) is 0 Å². The van der Waals surface area contributed by atoms with Crippen LogP contribution >= 0.6 is 22.5 Å². The van der Waals surface area contributed by atoms with Gasteiger partial charge in [-0.2, -0.15) is 11.5 Å². The van der Waals surface area contributed by atoms with Crippen LogP contribution in [0.15, 0.2) is 42.6 Å². The number of rotatable bonds is 4. The summed E-state index contributed by atoms with van der Waals surface area (Å²) in [5.41, 5.74) is 2.78. The monoisotopic (exact) mass is 243 g/mol. The van der Waals surface area contributed by atoms with Gasteiger partial charge in [0, 0.05) is 0 Å². The molecule has 1 nitrogen and oxygen atoms in total. The maximum atomic E-state index is 6.19. The van der Waals surface area contributed by atoms with E-state index in [-0.39, 0.29) is 6.26 Å². The summed E-state index contributed by atoms with van der Waals surface area (Å²) in [4.78, 5) is 3.17. The molecule has 0 aromatic heterocycles. The Morgan fingerprint density at radius 3 is 2.50 bits per heavy atom. The lowest BCUT2D eigenvalue weighted by Crippen LogP contribution is -2.53. The molecule has 1 unspecified atom stereocenters. The second kappa shape index (κ2) is 5.03. The second-order valence-corrected chi connectivity index (χ2v) is 8.84. The molecule has 0 aliphatic rings. The van der Waals surface area contributed by atoms with Crippen molar-refractivity contribution >= 4 is 41.8 Å². The first kappa shape index (κ1) is 11.9. The van der Waals surface area contributed by atoms with E-state index in [1.54, 1.807) is 5.70 Å². The molecule has 0 fully saturated rings. The Morgan fingerprint density at radius 1 is 1.43 bits per heavy atom. The van der Waals surface area contributed by atoms with Crippen LogP contribution in [0.5, 0.6) is 0 Å². The molecule has 1 rings (SSSR count). The van der Waals surface area contributed by atoms with Crippen molar-refractivity contribution in [2.75, 3.05) is 0 Å². The second-order valence-electron chi connectivity index (χ2n) is 3.20. The van der Waals surface area contributed by atoms with Crippen molar-refractivity contribution in [3.8, 4) is 0 Å². The molecule has 0 spiro atoms. The Bertz CT molecular complexity index is 305. The minimum atomic E-state index is -2.07. The van der Waals surface area contributed by atoms with Crippen LogP contribution in [-0.4, -0.2) is 13.8 Å². The zero-order chi connectivity index (χ0) is 10.6. The predicted molar refractivity (Wildman–Crippen MR) is 68.5 cm³/mol. The molecule has 0 radical (unpaired) electrons. The molecular formula is C9H12BCl2NSi. The summed E-state index contributed by atoms with van der Waals surface area (Å²) in [6.45, 7) is 5.63. The molecule has 74 valence electrons. The molecule has 1 aromatic carbocycles. The van der Waals surface area contributed by atoms with E-state index in [4.69, 9.17) is 22.5 Å². The third kappa shape index (κ3) is 3.50. The van der Waals surface area contributed by atoms with Crippen LogP contribution in [-0.2, 0) is 0 Å². The first-order valence-electron chi connectivity index (χ1n) is 4.34. The maximum absolute atomic E-state index is 6.19. The van der Waals surface area contributed by atoms with Crippen LogP contribution in [0, 0.1) is 0 Å². The fourth-order valence-electron chi connectivity index (χ4n) is 1.01. The van der Waals surface area contributed by atoms with Crippen LogP contribution < -0.4 is 10.4 Å². The summed E-state index contributed by atoms with van der Waals surface area (Å²) >= 11 is 12.4. The minimum Gasteiger partial charge on any atom is -0.346 e. The van der Waals surface area contributed by atoms with Gasteiger partial charge in [0.25, 0.3) is 0 Å². The van der Waals surface area contributed by atoms with Gasteiger partial charge >= 0.3 is 6.26 Å². The fraction of sp³-hybridized carbons (Fsp3) is 0.111. The molecule has 1 N–H and O–H groups in total. The Morgan fingerprint density at radius 2 is 2.00 bits per heavy atom. The van der Waals surface area contributed by atoms with Gasteiger partial charge in [0.2, 0.25) is 7.55 Å². The molecule has 14 heavy (non-hydrogen) atoms. The molecule has 0 saturated carbocycles. The average Bonchev–Trinajstić information content (AvgIpc) is 2.19. The lowest BCUT2D eigenvalue weighted by atomic mass is 9.83. The van der Waals surface area contributed by atoms with E-state index in [1.807, 2.05) is 36.9 Å². The zero-order valence-corrected chi connectivity index (χ0v) is 10.5. The summed E-state index contributed by atoms with van der Waals surface area (Å²) in [5, 5.41) is 0. The Labute approximate surface area is 95.9 Å². The molecule has 1 aromatic rings. The van der Waals surface area contributed by atoms with E-state index in [0.717, 1.165) is 5.46 Å². The highest BCUT2D eigenvalue weighted by Crippen LogP contribution is 2.06. The molecule has 5 heteroatoms. The minimum absolute atomic E-state index is 0.247. The van der Waals surface area contributed by atoms with Crippen LogP contribution in [0.4, 0.5) is 0 Å². The predicted octanol–water partition coefficient (Wildman–Crippen LogP) is 2.25. The van der Waals surface area contributed by atoms with Gasteiger partial charge < -0.3 is 4.89 Å². The van der Waals surface area contributed by atoms with Gasteiger partial charge in [-0.15, -0.1) is 17.7 Å². The highest BCUT2D eigenvalue weighted by molar-refractivity contribution is 7.28. The summed E-state index contributed by atoms with van der Waals surface area (Å²) < 4.78 is 0. The van der Waals surface area contributed by atoms with Gasteiger partial charge in [0.15, 0.2) is 0 Å². The molecule has 0 bridgehead atoms. The average molecular weight is 244 g/mol. The standard InChI is InChI=1S/C9H12BCl2NSi/c1-3-14(2,12)13-10(11)9-7-5-4-6-8-9/h3-8,13H,1H2,2H3. The molecular weight excluding hydrogens is 232 g/mol. The van der Waals surface area contributed by atoms with Gasteiger partial charge in [-0.3, -0.25) is 0 Å². The normalized spacial score (nSPS) is 14.5. The molecule has 0 amide bonds. The van der Waals surface area contributed by atoms with E-state index in [0.29, 0.717) is 0 Å². The highest BCUT2D eigenvalue weighted by atomic mass is 35.6. The van der Waals surface area contributed by atoms with E-state index in [1.165, 1.54) is 0 Å². The summed E-state index contributed by atoms with van der Waals surface area (Å²) in [7, 11) is -2.07. The molecule has 0 aliphatic heterocycles. The quantitative estimate of drug-likeness (QED) is 0.632. The van der Waals surface area contributed by atoms with Crippen LogP contribution in [0.3, 0.4) is 0 Å². The summed E-state index contributed by atoms with van der Waals surface area (Å²) in [5.74, 6) is 0. The smallest absolute Gasteiger partial charge is 0.346 e. The van der Waals surface area contributed by atoms with Crippen LogP contribution in [0.25, 0.3) is 0 Å². The van der Waals surface area contributed by atoms with E-state index >= 15 is 0 Å². The number of hydrogen-bond donors (Lipinski definition) is 1. The maximum Gasteiger partial charge on any atom is 0.356 e. The summed E-state index contributed by atoms with van der Waals surface area (Å²) in [6.07, 6.45) is -0.247. The largest absolute Gasteiger partial charge is 0.356 e. The molecule has 0 heterocycles. The van der Waals surface area contributed by atoms with Crippen molar-refractivity contribution in [1.29, 1.82) is 0 Å². The Hall–Kier alpha value is -0.218. The van der Waals surface area contributed by atoms with Crippen molar-refractivity contribution < 1.29 is 0 Å². The van der Waals surface area contributed by atoms with Crippen LogP contribution in [0.2, 0.25) is 6.55 Å². The summed E-state index contributed by atoms with van der Waals surface area (Å²) in [6, 6.07) is 9.79. The Balaban J connectivity index is 2.68. The molecule has 0 aliphatic carbocycles. The first-order valence-corrected chi connectivity index (χ1v) is 8.37. The fourth-order valence-corrected chi connectivity index (χ4v) is 3.11. The van der Waals surface area contributed by atoms with Crippen molar-refractivity contribution in [2.45, 2.75) is 6.55 Å². The molecule has 0 saturated heterocycles. The van der Waals surface area contributed by atoms with Crippen molar-refractivity contribution in [3.05, 3.63) is 42.6 Å². The first-order chi connectivity index (χ1) is 6.55. The third-order valence-electron chi connectivity index (χ3n) is 1.88. The topological polar surface area (TPSA) is 12.0 Å². The van der Waals surface area contributed by atoms with Gasteiger partial charge in [0.05, 0.1) is 0 Å². The van der Waals surface area contributed by atoms with Gasteiger partial charge in [-0.05, 0) is 12.0 Å². The number of hydrogen-bond acceptors (Lipinski definition) is 1. The van der Waals surface area contributed by atoms with E-state index < -0.39 is 7.55 Å². The van der Waals surface area contributed by atoms with Gasteiger partial charge in [-0.1, -0.05) is 36.0 Å². The number of benzene rings is 1. The van der Waals surface area contributed by atoms with Gasteiger partial charge in [-0.25, -0.2) is 0 Å².